The van der Waals surface area contributed by atoms with Crippen molar-refractivity contribution in [2.45, 2.75) is 38.1 Å². The lowest BCUT2D eigenvalue weighted by Crippen LogP contribution is -2.40. The van der Waals surface area contributed by atoms with Crippen molar-refractivity contribution in [2.24, 2.45) is 0 Å². The number of rotatable bonds is 8. The van der Waals surface area contributed by atoms with E-state index >= 15 is 0 Å². The Morgan fingerprint density at radius 3 is 2.32 bits per heavy atom. The minimum atomic E-state index is -3.90. The van der Waals surface area contributed by atoms with Crippen LogP contribution in [0.5, 0.6) is 0 Å². The highest BCUT2D eigenvalue weighted by Gasteiger charge is 2.26. The Hall–Kier alpha value is -2.48. The lowest BCUT2D eigenvalue weighted by molar-refractivity contribution is -0.114. The van der Waals surface area contributed by atoms with Gasteiger partial charge in [-0.25, -0.2) is 18.1 Å². The smallest absolute Gasteiger partial charge is 0.241 e. The molecule has 0 bridgehead atoms. The maximum Gasteiger partial charge on any atom is 0.241 e. The first-order valence-corrected chi connectivity index (χ1v) is 13.7. The van der Waals surface area contributed by atoms with Crippen LogP contribution in [0.2, 0.25) is 0 Å². The van der Waals surface area contributed by atoms with Crippen LogP contribution in [0.15, 0.2) is 53.6 Å². The fourth-order valence-electron chi connectivity index (χ4n) is 3.06. The molecule has 0 aliphatic heterocycles. The molecule has 2 aromatic carbocycles. The van der Waals surface area contributed by atoms with Crippen LogP contribution in [-0.4, -0.2) is 36.4 Å². The number of carbonyl (C=O) groups is 1. The SMILES string of the molecule is CN[S+]([O-])Nc1ccc(-c2ncc(-c3ccc(NC(C)=O)cc3S(=O)(=O)NC(C)(C)C)s2)cc1. The van der Waals surface area contributed by atoms with Gasteiger partial charge in [-0.05, 0) is 57.2 Å². The average molecular weight is 522 g/mol. The highest BCUT2D eigenvalue weighted by Crippen LogP contribution is 2.37. The first kappa shape index (κ1) is 26.1. The Labute approximate surface area is 206 Å². The molecule has 12 heteroatoms. The lowest BCUT2D eigenvalue weighted by Gasteiger charge is -2.22. The molecule has 1 amide bonds. The third-order valence-electron chi connectivity index (χ3n) is 4.33. The molecule has 0 aliphatic carbocycles. The van der Waals surface area contributed by atoms with Gasteiger partial charge in [0.1, 0.15) is 5.01 Å². The Bertz CT molecular complexity index is 1270. The number of nitrogens with one attached hydrogen (secondary N) is 4. The average Bonchev–Trinajstić information content (AvgIpc) is 3.22. The van der Waals surface area contributed by atoms with E-state index in [4.69, 9.17) is 0 Å². The third-order valence-corrected chi connectivity index (χ3v) is 8.00. The van der Waals surface area contributed by atoms with Crippen molar-refractivity contribution in [1.29, 1.82) is 0 Å². The van der Waals surface area contributed by atoms with Gasteiger partial charge in [0.2, 0.25) is 15.9 Å². The second kappa shape index (κ2) is 10.4. The quantitative estimate of drug-likeness (QED) is 0.332. The zero-order valence-corrected chi connectivity index (χ0v) is 21.9. The van der Waals surface area contributed by atoms with E-state index in [9.17, 15) is 17.8 Å². The Morgan fingerprint density at radius 2 is 1.74 bits per heavy atom. The van der Waals surface area contributed by atoms with Gasteiger partial charge in [-0.3, -0.25) is 4.79 Å². The molecule has 0 saturated heterocycles. The molecule has 4 N–H and O–H groups in total. The molecule has 1 heterocycles. The predicted molar refractivity (Wildman–Crippen MR) is 138 cm³/mol. The second-order valence-corrected chi connectivity index (χ2v) is 12.3. The van der Waals surface area contributed by atoms with Crippen LogP contribution in [0.25, 0.3) is 21.0 Å². The minimum Gasteiger partial charge on any atom is -0.574 e. The van der Waals surface area contributed by atoms with Gasteiger partial charge in [0, 0.05) is 42.5 Å². The van der Waals surface area contributed by atoms with Crippen LogP contribution in [0, 0.1) is 0 Å². The van der Waals surface area contributed by atoms with Crippen molar-refractivity contribution in [2.75, 3.05) is 17.1 Å². The molecule has 0 saturated carbocycles. The molecule has 0 aliphatic rings. The number of nitrogens with zero attached hydrogens (tertiary/aromatic N) is 1. The van der Waals surface area contributed by atoms with Crippen LogP contribution >= 0.6 is 11.3 Å². The molecular formula is C22H27N5O4S3. The summed E-state index contributed by atoms with van der Waals surface area (Å²) in [4.78, 5) is 16.7. The van der Waals surface area contributed by atoms with Crippen molar-refractivity contribution in [3.63, 3.8) is 0 Å². The topological polar surface area (TPSA) is 135 Å². The molecule has 9 nitrogen and oxygen atoms in total. The van der Waals surface area contributed by atoms with Gasteiger partial charge < -0.3 is 9.87 Å². The normalized spacial score (nSPS) is 12.9. The molecule has 0 fully saturated rings. The van der Waals surface area contributed by atoms with Crippen LogP contribution < -0.4 is 19.5 Å². The van der Waals surface area contributed by atoms with Crippen molar-refractivity contribution >= 4 is 50.2 Å². The number of carbonyl (C=O) groups excluding carboxylic acids is 1. The zero-order valence-electron chi connectivity index (χ0n) is 19.4. The number of anilines is 2. The van der Waals surface area contributed by atoms with Gasteiger partial charge in [0.05, 0.1) is 15.5 Å². The summed E-state index contributed by atoms with van der Waals surface area (Å²) < 4.78 is 46.1. The van der Waals surface area contributed by atoms with Gasteiger partial charge in [-0.1, -0.05) is 6.07 Å². The minimum absolute atomic E-state index is 0.0537. The van der Waals surface area contributed by atoms with Crippen LogP contribution in [0.4, 0.5) is 11.4 Å². The summed E-state index contributed by atoms with van der Waals surface area (Å²) in [5.41, 5.74) is 1.70. The molecule has 1 unspecified atom stereocenters. The standard InChI is InChI=1S/C22H27N5O4S3/c1-14(28)25-17-10-11-18(20(12-17)34(30,31)27-22(2,3)4)19-13-24-21(32-19)15-6-8-16(9-7-15)26-33(29)23-5/h6-13,23,26-27H,1-5H3,(H,25,28). The van der Waals surface area contributed by atoms with Gasteiger partial charge in [-0.15, -0.1) is 16.1 Å². The van der Waals surface area contributed by atoms with Gasteiger partial charge in [0.15, 0.2) is 11.5 Å². The number of sulfonamides is 1. The third kappa shape index (κ3) is 6.78. The lowest BCUT2D eigenvalue weighted by atomic mass is 10.1. The first-order chi connectivity index (χ1) is 15.9. The second-order valence-electron chi connectivity index (χ2n) is 8.43. The van der Waals surface area contributed by atoms with Crippen molar-refractivity contribution < 1.29 is 17.8 Å². The Morgan fingerprint density at radius 1 is 1.09 bits per heavy atom. The molecular weight excluding hydrogens is 494 g/mol. The van der Waals surface area contributed by atoms with Gasteiger partial charge >= 0.3 is 0 Å². The predicted octanol–water partition coefficient (Wildman–Crippen LogP) is 3.72. The maximum absolute atomic E-state index is 13.2. The molecule has 34 heavy (non-hydrogen) atoms. The number of thiazole rings is 1. The van der Waals surface area contributed by atoms with Crippen molar-refractivity contribution in [3.8, 4) is 21.0 Å². The number of benzene rings is 2. The van der Waals surface area contributed by atoms with Crippen LogP contribution in [0.1, 0.15) is 27.7 Å². The Kier molecular flexibility index (Phi) is 8.01. The zero-order chi connectivity index (χ0) is 25.1. The molecule has 1 aromatic heterocycles. The summed E-state index contributed by atoms with van der Waals surface area (Å²) in [6.07, 6.45) is 1.63. The fraction of sp³-hybridized carbons (Fsp3) is 0.273. The molecule has 3 rings (SSSR count). The highest BCUT2D eigenvalue weighted by atomic mass is 32.2. The number of hydrogen-bond donors (Lipinski definition) is 4. The first-order valence-electron chi connectivity index (χ1n) is 10.3. The van der Waals surface area contributed by atoms with E-state index in [2.05, 4.69) is 24.5 Å². The molecule has 3 aromatic rings. The van der Waals surface area contributed by atoms with Gasteiger partial charge in [0.25, 0.3) is 0 Å². The fourth-order valence-corrected chi connectivity index (χ4v) is 6.20. The molecule has 0 radical (unpaired) electrons. The summed E-state index contributed by atoms with van der Waals surface area (Å²) in [7, 11) is -2.31. The van der Waals surface area contributed by atoms with E-state index < -0.39 is 27.1 Å². The molecule has 182 valence electrons. The summed E-state index contributed by atoms with van der Waals surface area (Å²) >= 11 is -0.0287. The van der Waals surface area contributed by atoms with Gasteiger partial charge in [-0.2, -0.15) is 4.72 Å². The van der Waals surface area contributed by atoms with Crippen molar-refractivity contribution in [1.82, 2.24) is 14.4 Å². The van der Waals surface area contributed by atoms with E-state index in [1.807, 2.05) is 12.1 Å². The van der Waals surface area contributed by atoms with E-state index in [0.717, 1.165) is 5.56 Å². The summed E-state index contributed by atoms with van der Waals surface area (Å²) in [5, 5.41) is 3.34. The largest absolute Gasteiger partial charge is 0.574 e. The monoisotopic (exact) mass is 521 g/mol. The molecule has 0 spiro atoms. The molecule has 1 atom stereocenters. The maximum atomic E-state index is 13.2. The van der Waals surface area contributed by atoms with E-state index in [-0.39, 0.29) is 10.8 Å². The summed E-state index contributed by atoms with van der Waals surface area (Å²) in [6.45, 7) is 6.65. The number of aromatic nitrogens is 1. The van der Waals surface area contributed by atoms with Crippen LogP contribution in [-0.2, 0) is 26.4 Å². The highest BCUT2D eigenvalue weighted by molar-refractivity contribution is 7.90. The van der Waals surface area contributed by atoms with E-state index in [0.29, 0.717) is 26.8 Å². The van der Waals surface area contributed by atoms with Crippen LogP contribution in [0.3, 0.4) is 0 Å². The summed E-state index contributed by atoms with van der Waals surface area (Å²) in [6, 6.07) is 12.0. The Balaban J connectivity index is 1.99. The number of hydrogen-bond acceptors (Lipinski definition) is 8. The summed E-state index contributed by atoms with van der Waals surface area (Å²) in [5.74, 6) is -0.295. The van der Waals surface area contributed by atoms with Crippen molar-refractivity contribution in [3.05, 3.63) is 48.7 Å². The van der Waals surface area contributed by atoms with E-state index in [1.165, 1.54) is 24.3 Å². The number of amides is 1. The van der Waals surface area contributed by atoms with E-state index in [1.54, 1.807) is 58.3 Å².